The van der Waals surface area contributed by atoms with Crippen molar-refractivity contribution in [1.82, 2.24) is 15.5 Å². The van der Waals surface area contributed by atoms with Crippen molar-refractivity contribution in [2.75, 3.05) is 39.3 Å². The molecule has 1 heterocycles. The number of carbonyl (C=O) groups excluding carboxylic acids is 1. The lowest BCUT2D eigenvalue weighted by atomic mass is 10.1. The van der Waals surface area contributed by atoms with Gasteiger partial charge in [0.25, 0.3) is 0 Å². The Labute approximate surface area is 174 Å². The first-order valence-electron chi connectivity index (χ1n) is 11.4. The maximum atomic E-state index is 12.1. The number of allylic oxidation sites excluding steroid dienone is 2. The molecule has 1 amide bonds. The summed E-state index contributed by atoms with van der Waals surface area (Å²) in [6, 6.07) is 0. The van der Waals surface area contributed by atoms with Crippen molar-refractivity contribution in [1.29, 1.82) is 0 Å². The molecule has 0 aromatic carbocycles. The molecule has 0 unspecified atom stereocenters. The molecule has 2 N–H and O–H groups in total. The van der Waals surface area contributed by atoms with Gasteiger partial charge in [-0.15, -0.1) is 0 Å². The van der Waals surface area contributed by atoms with Crippen molar-refractivity contribution in [3.05, 3.63) is 12.2 Å². The highest BCUT2D eigenvalue weighted by Gasteiger charge is 2.38. The summed E-state index contributed by atoms with van der Waals surface area (Å²) in [6.45, 7) is 4.90. The van der Waals surface area contributed by atoms with Crippen LogP contribution in [0.5, 0.6) is 0 Å². The number of carbonyl (C=O) groups is 1. The Morgan fingerprint density at radius 2 is 1.34 bits per heavy atom. The minimum Gasteiger partial charge on any atom is -0.348 e. The molecule has 0 spiro atoms. The highest BCUT2D eigenvalue weighted by molar-refractivity contribution is 5.81. The van der Waals surface area contributed by atoms with Crippen LogP contribution in [0.3, 0.4) is 0 Å². The molecule has 0 fully saturated rings. The number of hydrogen-bond donors (Lipinski definition) is 2. The number of alkyl halides is 3. The van der Waals surface area contributed by atoms with E-state index in [4.69, 9.17) is 0 Å². The van der Waals surface area contributed by atoms with Crippen LogP contribution in [0.1, 0.15) is 77.0 Å². The van der Waals surface area contributed by atoms with Crippen molar-refractivity contribution >= 4 is 5.91 Å². The van der Waals surface area contributed by atoms with E-state index in [1.165, 1.54) is 70.8 Å². The molecule has 4 nitrogen and oxygen atoms in total. The van der Waals surface area contributed by atoms with E-state index >= 15 is 0 Å². The van der Waals surface area contributed by atoms with Crippen LogP contribution < -0.4 is 10.6 Å². The maximum Gasteiger partial charge on any atom is 0.471 e. The van der Waals surface area contributed by atoms with Gasteiger partial charge in [0.15, 0.2) is 0 Å². The van der Waals surface area contributed by atoms with Crippen molar-refractivity contribution in [3.63, 3.8) is 0 Å². The van der Waals surface area contributed by atoms with E-state index in [-0.39, 0.29) is 6.54 Å². The quantitative estimate of drug-likeness (QED) is 0.438. The fraction of sp³-hybridized carbons (Fsp3) is 0.864. The molecule has 1 rings (SSSR count). The van der Waals surface area contributed by atoms with E-state index in [9.17, 15) is 18.0 Å². The van der Waals surface area contributed by atoms with Gasteiger partial charge in [0, 0.05) is 6.54 Å². The number of nitrogens with zero attached hydrogens (tertiary/aromatic N) is 1. The van der Waals surface area contributed by atoms with Gasteiger partial charge in [0.1, 0.15) is 0 Å². The van der Waals surface area contributed by atoms with E-state index in [1.807, 2.05) is 5.32 Å². The molecule has 0 atom stereocenters. The molecule has 0 saturated heterocycles. The molecule has 0 bridgehead atoms. The summed E-state index contributed by atoms with van der Waals surface area (Å²) in [5.41, 5.74) is 0. The van der Waals surface area contributed by atoms with Crippen LogP contribution in [-0.4, -0.2) is 56.3 Å². The SMILES string of the molecule is O=C(NCCCNCCCN1CCCC/C=C/CCCCCCCC1)C(F)(F)F. The van der Waals surface area contributed by atoms with Gasteiger partial charge in [-0.05, 0) is 84.1 Å². The van der Waals surface area contributed by atoms with Gasteiger partial charge < -0.3 is 15.5 Å². The summed E-state index contributed by atoms with van der Waals surface area (Å²) in [6.07, 6.45) is 14.3. The standard InChI is InChI=1S/C22H40F3N3O/c23-22(24,25)21(29)27-17-13-15-26-16-14-20-28-18-11-9-7-5-3-1-2-4-6-8-10-12-19-28/h3,5,26H,1-2,4,6-20H2,(H,27,29)/b5-3+. The Morgan fingerprint density at radius 1 is 0.793 bits per heavy atom. The van der Waals surface area contributed by atoms with Gasteiger partial charge in [-0.25, -0.2) is 0 Å². The fourth-order valence-corrected chi connectivity index (χ4v) is 3.54. The maximum absolute atomic E-state index is 12.1. The largest absolute Gasteiger partial charge is 0.471 e. The zero-order valence-corrected chi connectivity index (χ0v) is 17.9. The second kappa shape index (κ2) is 16.7. The first-order chi connectivity index (χ1) is 14.0. The van der Waals surface area contributed by atoms with Gasteiger partial charge in [-0.1, -0.05) is 37.8 Å². The van der Waals surface area contributed by atoms with Crippen LogP contribution in [0.2, 0.25) is 0 Å². The van der Waals surface area contributed by atoms with E-state index < -0.39 is 12.1 Å². The van der Waals surface area contributed by atoms with Gasteiger partial charge in [-0.3, -0.25) is 4.79 Å². The Hall–Kier alpha value is -1.08. The predicted octanol–water partition coefficient (Wildman–Crippen LogP) is 4.81. The summed E-state index contributed by atoms with van der Waals surface area (Å²) in [7, 11) is 0. The molecule has 0 aromatic heterocycles. The number of halogens is 3. The third-order valence-corrected chi connectivity index (χ3v) is 5.26. The van der Waals surface area contributed by atoms with Gasteiger partial charge in [-0.2, -0.15) is 13.2 Å². The third-order valence-electron chi connectivity index (χ3n) is 5.26. The lowest BCUT2D eigenvalue weighted by Gasteiger charge is -2.22. The lowest BCUT2D eigenvalue weighted by Crippen LogP contribution is -2.38. The number of amides is 1. The monoisotopic (exact) mass is 419 g/mol. The minimum absolute atomic E-state index is 0.0475. The summed E-state index contributed by atoms with van der Waals surface area (Å²) in [4.78, 5) is 13.3. The van der Waals surface area contributed by atoms with Crippen molar-refractivity contribution in [2.45, 2.75) is 83.2 Å². The Kier molecular flexibility index (Phi) is 14.9. The molecule has 0 saturated carbocycles. The van der Waals surface area contributed by atoms with Crippen molar-refractivity contribution in [3.8, 4) is 0 Å². The van der Waals surface area contributed by atoms with Gasteiger partial charge in [0.2, 0.25) is 0 Å². The smallest absolute Gasteiger partial charge is 0.348 e. The first-order valence-corrected chi connectivity index (χ1v) is 11.4. The summed E-state index contributed by atoms with van der Waals surface area (Å²) in [5, 5.41) is 5.15. The van der Waals surface area contributed by atoms with E-state index in [2.05, 4.69) is 22.4 Å². The van der Waals surface area contributed by atoms with Crippen molar-refractivity contribution < 1.29 is 18.0 Å². The minimum atomic E-state index is -4.79. The summed E-state index contributed by atoms with van der Waals surface area (Å²) in [5.74, 6) is -1.86. The fourth-order valence-electron chi connectivity index (χ4n) is 3.54. The van der Waals surface area contributed by atoms with Gasteiger partial charge in [0.05, 0.1) is 0 Å². The molecule has 170 valence electrons. The van der Waals surface area contributed by atoms with E-state index in [0.717, 1.165) is 26.1 Å². The first kappa shape index (κ1) is 26.0. The number of hydrogen-bond acceptors (Lipinski definition) is 3. The third kappa shape index (κ3) is 15.4. The zero-order chi connectivity index (χ0) is 21.2. The lowest BCUT2D eigenvalue weighted by molar-refractivity contribution is -0.173. The molecular weight excluding hydrogens is 379 g/mol. The molecular formula is C22H40F3N3O. The molecule has 1 aliphatic rings. The Bertz CT molecular complexity index is 442. The Balaban J connectivity index is 2.11. The normalized spacial score (nSPS) is 19.8. The highest BCUT2D eigenvalue weighted by atomic mass is 19.4. The summed E-state index contributed by atoms with van der Waals surface area (Å²) < 4.78 is 36.2. The molecule has 7 heteroatoms. The van der Waals surface area contributed by atoms with Crippen LogP contribution in [0.4, 0.5) is 13.2 Å². The average Bonchev–Trinajstić information content (AvgIpc) is 2.69. The molecule has 29 heavy (non-hydrogen) atoms. The molecule has 0 radical (unpaired) electrons. The average molecular weight is 420 g/mol. The second-order valence-corrected chi connectivity index (χ2v) is 7.93. The highest BCUT2D eigenvalue weighted by Crippen LogP contribution is 2.14. The zero-order valence-electron chi connectivity index (χ0n) is 17.9. The Morgan fingerprint density at radius 3 is 2.03 bits per heavy atom. The summed E-state index contributed by atoms with van der Waals surface area (Å²) >= 11 is 0. The number of nitrogens with one attached hydrogen (secondary N) is 2. The number of rotatable bonds is 8. The van der Waals surface area contributed by atoms with Crippen LogP contribution >= 0.6 is 0 Å². The molecule has 1 aliphatic heterocycles. The predicted molar refractivity (Wildman–Crippen MR) is 113 cm³/mol. The van der Waals surface area contributed by atoms with Gasteiger partial charge >= 0.3 is 12.1 Å². The van der Waals surface area contributed by atoms with Crippen molar-refractivity contribution in [2.24, 2.45) is 0 Å². The molecule has 0 aromatic rings. The van der Waals surface area contributed by atoms with E-state index in [0.29, 0.717) is 13.0 Å². The second-order valence-electron chi connectivity index (χ2n) is 7.93. The van der Waals surface area contributed by atoms with Crippen LogP contribution in [0.25, 0.3) is 0 Å². The van der Waals surface area contributed by atoms with Crippen LogP contribution in [0.15, 0.2) is 12.2 Å². The van der Waals surface area contributed by atoms with Crippen LogP contribution in [0, 0.1) is 0 Å². The van der Waals surface area contributed by atoms with E-state index in [1.54, 1.807) is 0 Å². The molecule has 0 aliphatic carbocycles. The van der Waals surface area contributed by atoms with Crippen LogP contribution in [-0.2, 0) is 4.79 Å². The topological polar surface area (TPSA) is 44.4 Å².